The lowest BCUT2D eigenvalue weighted by atomic mass is 10.1. The quantitative estimate of drug-likeness (QED) is 0.332. The first kappa shape index (κ1) is 18.8. The summed E-state index contributed by atoms with van der Waals surface area (Å²) >= 11 is 0. The normalized spacial score (nSPS) is 19.8. The molecule has 3 atom stereocenters. The molecule has 1 heterocycles. The molecule has 3 unspecified atom stereocenters. The van der Waals surface area contributed by atoms with Gasteiger partial charge in [0.15, 0.2) is 0 Å². The van der Waals surface area contributed by atoms with Crippen molar-refractivity contribution in [2.24, 2.45) is 5.73 Å². The molecule has 0 aromatic rings. The highest BCUT2D eigenvalue weighted by atomic mass is 16.4. The Morgan fingerprint density at radius 1 is 1.30 bits per heavy atom. The maximum atomic E-state index is 12.3. The number of carbonyl (C=O) groups is 4. The number of rotatable bonds is 7. The number of carboxylic acids is 1. The highest BCUT2D eigenvalue weighted by molar-refractivity contribution is 5.93. The third kappa shape index (κ3) is 4.89. The number of hydrogen-bond donors (Lipinski definition) is 5. The Balaban J connectivity index is 2.72. The van der Waals surface area contributed by atoms with Crippen LogP contribution in [0.2, 0.25) is 0 Å². The monoisotopic (exact) mass is 330 g/mol. The van der Waals surface area contributed by atoms with Gasteiger partial charge in [-0.05, 0) is 19.8 Å². The highest BCUT2D eigenvalue weighted by Crippen LogP contribution is 2.18. The molecular formula is C13H22N4O6. The van der Waals surface area contributed by atoms with E-state index < -0.39 is 48.4 Å². The van der Waals surface area contributed by atoms with Gasteiger partial charge in [0.05, 0.1) is 13.2 Å². The molecule has 23 heavy (non-hydrogen) atoms. The van der Waals surface area contributed by atoms with Gasteiger partial charge in [-0.25, -0.2) is 4.79 Å². The van der Waals surface area contributed by atoms with E-state index in [1.165, 1.54) is 11.8 Å². The van der Waals surface area contributed by atoms with Gasteiger partial charge in [0.25, 0.3) is 0 Å². The molecule has 1 rings (SSSR count). The van der Waals surface area contributed by atoms with E-state index in [9.17, 15) is 19.2 Å². The Morgan fingerprint density at radius 2 is 1.96 bits per heavy atom. The second kappa shape index (κ2) is 8.44. The lowest BCUT2D eigenvalue weighted by Gasteiger charge is -2.27. The minimum atomic E-state index is -1.42. The van der Waals surface area contributed by atoms with E-state index in [1.807, 2.05) is 0 Å². The molecule has 0 aromatic carbocycles. The van der Waals surface area contributed by atoms with Gasteiger partial charge < -0.3 is 31.5 Å². The van der Waals surface area contributed by atoms with Crippen molar-refractivity contribution in [3.8, 4) is 0 Å². The van der Waals surface area contributed by atoms with Crippen molar-refractivity contribution in [3.05, 3.63) is 0 Å². The van der Waals surface area contributed by atoms with E-state index in [-0.39, 0.29) is 6.54 Å². The van der Waals surface area contributed by atoms with E-state index in [0.29, 0.717) is 19.4 Å². The first-order valence-electron chi connectivity index (χ1n) is 7.25. The molecule has 3 amide bonds. The van der Waals surface area contributed by atoms with Gasteiger partial charge in [-0.3, -0.25) is 14.4 Å². The van der Waals surface area contributed by atoms with Gasteiger partial charge in [-0.2, -0.15) is 0 Å². The number of likely N-dealkylation sites (tertiary alicyclic amines) is 1. The summed E-state index contributed by atoms with van der Waals surface area (Å²) in [5.41, 5.74) is 5.17. The molecule has 0 spiro atoms. The topological polar surface area (TPSA) is 162 Å². The maximum Gasteiger partial charge on any atom is 0.328 e. The predicted molar refractivity (Wildman–Crippen MR) is 78.0 cm³/mol. The van der Waals surface area contributed by atoms with Crippen molar-refractivity contribution >= 4 is 23.7 Å². The average Bonchev–Trinajstić information content (AvgIpc) is 3.00. The SMILES string of the molecule is CC(NC(=O)CN)C(=O)N1CCCC1C(=O)NC(CO)C(=O)O. The van der Waals surface area contributed by atoms with Crippen LogP contribution in [0.15, 0.2) is 0 Å². The number of aliphatic hydroxyl groups excluding tert-OH is 1. The lowest BCUT2D eigenvalue weighted by Crippen LogP contribution is -2.55. The van der Waals surface area contributed by atoms with Crippen LogP contribution in [0.3, 0.4) is 0 Å². The summed E-state index contributed by atoms with van der Waals surface area (Å²) in [7, 11) is 0. The third-order valence-electron chi connectivity index (χ3n) is 3.57. The van der Waals surface area contributed by atoms with Crippen LogP contribution >= 0.6 is 0 Å². The fourth-order valence-electron chi connectivity index (χ4n) is 2.37. The Kier molecular flexibility index (Phi) is 6.91. The van der Waals surface area contributed by atoms with Gasteiger partial charge in [0, 0.05) is 6.54 Å². The molecule has 0 aromatic heterocycles. The van der Waals surface area contributed by atoms with Crippen molar-refractivity contribution in [1.29, 1.82) is 0 Å². The number of aliphatic hydroxyl groups is 1. The van der Waals surface area contributed by atoms with Crippen molar-refractivity contribution in [2.45, 2.75) is 37.9 Å². The first-order chi connectivity index (χ1) is 10.8. The number of hydrogen-bond acceptors (Lipinski definition) is 6. The van der Waals surface area contributed by atoms with E-state index in [0.717, 1.165) is 0 Å². The molecule has 1 fully saturated rings. The van der Waals surface area contributed by atoms with Crippen LogP contribution in [0.5, 0.6) is 0 Å². The zero-order valence-electron chi connectivity index (χ0n) is 12.8. The smallest absolute Gasteiger partial charge is 0.328 e. The Bertz CT molecular complexity index is 483. The molecule has 1 aliphatic rings. The zero-order valence-corrected chi connectivity index (χ0v) is 12.8. The van der Waals surface area contributed by atoms with Gasteiger partial charge in [0.1, 0.15) is 18.1 Å². The molecule has 0 aliphatic carbocycles. The molecule has 6 N–H and O–H groups in total. The minimum absolute atomic E-state index is 0.252. The molecule has 1 saturated heterocycles. The molecule has 10 nitrogen and oxygen atoms in total. The van der Waals surface area contributed by atoms with Crippen LogP contribution in [0, 0.1) is 0 Å². The second-order valence-corrected chi connectivity index (χ2v) is 5.26. The highest BCUT2D eigenvalue weighted by Gasteiger charge is 2.37. The Labute approximate surface area is 133 Å². The summed E-state index contributed by atoms with van der Waals surface area (Å²) in [4.78, 5) is 47.9. The summed E-state index contributed by atoms with van der Waals surface area (Å²) in [5, 5.41) is 22.4. The number of nitrogens with zero attached hydrogens (tertiary/aromatic N) is 1. The van der Waals surface area contributed by atoms with E-state index in [1.54, 1.807) is 0 Å². The largest absolute Gasteiger partial charge is 0.480 e. The third-order valence-corrected chi connectivity index (χ3v) is 3.57. The molecular weight excluding hydrogens is 308 g/mol. The second-order valence-electron chi connectivity index (χ2n) is 5.26. The number of amides is 3. The van der Waals surface area contributed by atoms with Gasteiger partial charge in [0.2, 0.25) is 17.7 Å². The number of aliphatic carboxylic acids is 1. The van der Waals surface area contributed by atoms with Crippen LogP contribution in [-0.4, -0.2) is 76.6 Å². The van der Waals surface area contributed by atoms with E-state index >= 15 is 0 Å². The standard InChI is InChI=1S/C13H22N4O6/c1-7(15-10(19)5-14)12(21)17-4-2-3-9(17)11(20)16-8(6-18)13(22)23/h7-9,18H,2-6,14H2,1H3,(H,15,19)(H,16,20)(H,22,23). The number of carbonyl (C=O) groups excluding carboxylic acids is 3. The van der Waals surface area contributed by atoms with E-state index in [2.05, 4.69) is 10.6 Å². The van der Waals surface area contributed by atoms with Crippen LogP contribution in [0.1, 0.15) is 19.8 Å². The number of nitrogens with one attached hydrogen (secondary N) is 2. The fourth-order valence-corrected chi connectivity index (χ4v) is 2.37. The number of carboxylic acid groups (broad SMARTS) is 1. The first-order valence-corrected chi connectivity index (χ1v) is 7.25. The molecule has 130 valence electrons. The summed E-state index contributed by atoms with van der Waals surface area (Å²) in [6.45, 7) is 0.816. The fraction of sp³-hybridized carbons (Fsp3) is 0.692. The maximum absolute atomic E-state index is 12.3. The summed E-state index contributed by atoms with van der Waals surface area (Å²) in [6.07, 6.45) is 0.963. The van der Waals surface area contributed by atoms with Crippen LogP contribution in [0.25, 0.3) is 0 Å². The summed E-state index contributed by atoms with van der Waals surface area (Å²) in [6, 6.07) is -3.09. The minimum Gasteiger partial charge on any atom is -0.480 e. The molecule has 0 saturated carbocycles. The van der Waals surface area contributed by atoms with Crippen molar-refractivity contribution in [3.63, 3.8) is 0 Å². The lowest BCUT2D eigenvalue weighted by molar-refractivity contribution is -0.145. The average molecular weight is 330 g/mol. The van der Waals surface area contributed by atoms with Crippen LogP contribution < -0.4 is 16.4 Å². The molecule has 0 radical (unpaired) electrons. The summed E-state index contributed by atoms with van der Waals surface area (Å²) < 4.78 is 0. The Morgan fingerprint density at radius 3 is 2.48 bits per heavy atom. The van der Waals surface area contributed by atoms with E-state index in [4.69, 9.17) is 15.9 Å². The summed E-state index contributed by atoms with van der Waals surface area (Å²) in [5.74, 6) is -2.94. The van der Waals surface area contributed by atoms with Crippen molar-refractivity contribution in [1.82, 2.24) is 15.5 Å². The Hall–Kier alpha value is -2.20. The van der Waals surface area contributed by atoms with Gasteiger partial charge >= 0.3 is 5.97 Å². The zero-order chi connectivity index (χ0) is 17.6. The van der Waals surface area contributed by atoms with Gasteiger partial charge in [-0.1, -0.05) is 0 Å². The molecule has 10 heteroatoms. The predicted octanol–water partition coefficient (Wildman–Crippen LogP) is -3.00. The molecule has 1 aliphatic heterocycles. The van der Waals surface area contributed by atoms with Crippen LogP contribution in [0.4, 0.5) is 0 Å². The van der Waals surface area contributed by atoms with Gasteiger partial charge in [-0.15, -0.1) is 0 Å². The van der Waals surface area contributed by atoms with Crippen LogP contribution in [-0.2, 0) is 19.2 Å². The molecule has 0 bridgehead atoms. The van der Waals surface area contributed by atoms with Crippen molar-refractivity contribution in [2.75, 3.05) is 19.7 Å². The number of nitrogens with two attached hydrogens (primary N) is 1. The van der Waals surface area contributed by atoms with Crippen molar-refractivity contribution < 1.29 is 29.4 Å².